The maximum Gasteiger partial charge on any atom is 0.359 e. The molecular weight excluding hydrogens is 344 g/mol. The third-order valence-corrected chi connectivity index (χ3v) is 4.41. The first-order valence-corrected chi connectivity index (χ1v) is 8.35. The van der Waals surface area contributed by atoms with Gasteiger partial charge >= 0.3 is 5.65 Å². The van der Waals surface area contributed by atoms with E-state index < -0.39 is 0 Å². The highest BCUT2D eigenvalue weighted by molar-refractivity contribution is 5.74. The van der Waals surface area contributed by atoms with E-state index in [0.717, 1.165) is 27.6 Å². The van der Waals surface area contributed by atoms with Gasteiger partial charge in [0.05, 0.1) is 16.7 Å². The van der Waals surface area contributed by atoms with Crippen LogP contribution < -0.4 is 14.8 Å². The predicted octanol–water partition coefficient (Wildman–Crippen LogP) is -0.126. The molecule has 5 heterocycles. The van der Waals surface area contributed by atoms with Crippen molar-refractivity contribution in [1.82, 2.24) is 35.2 Å². The summed E-state index contributed by atoms with van der Waals surface area (Å²) in [6.07, 6.45) is 7.51. The van der Waals surface area contributed by atoms with E-state index in [2.05, 4.69) is 35.6 Å². The lowest BCUT2D eigenvalue weighted by atomic mass is 10.3. The molecule has 0 atom stereocenters. The van der Waals surface area contributed by atoms with Crippen LogP contribution in [0.25, 0.3) is 38.8 Å². The van der Waals surface area contributed by atoms with E-state index in [9.17, 15) is 0 Å². The molecular formula is C17H13N10+3. The number of pyridine rings is 2. The van der Waals surface area contributed by atoms with Crippen LogP contribution in [0.3, 0.4) is 0 Å². The summed E-state index contributed by atoms with van der Waals surface area (Å²) in [4.78, 5) is 6.28. The molecule has 0 spiro atoms. The fraction of sp³-hybridized carbons (Fsp3) is 0. The molecule has 0 aliphatic rings. The molecule has 0 unspecified atom stereocenters. The Labute approximate surface area is 150 Å². The Bertz CT molecular complexity index is 1410. The maximum absolute atomic E-state index is 4.56. The standard InChI is InChI=1S/C17H10N10/c1-2-4-14-13(3-1)21-26(22-14)12-7-15-17(18-9-12)24-27(23-15)25-6-5-11-8-19-20-16(11)10-25/h1-10H/p+3. The van der Waals surface area contributed by atoms with Crippen LogP contribution in [0.2, 0.25) is 0 Å². The molecule has 0 saturated carbocycles. The van der Waals surface area contributed by atoms with E-state index in [4.69, 9.17) is 0 Å². The second-order valence-electron chi connectivity index (χ2n) is 6.15. The molecule has 128 valence electrons. The minimum absolute atomic E-state index is 0.668. The van der Waals surface area contributed by atoms with E-state index in [1.54, 1.807) is 9.47 Å². The van der Waals surface area contributed by atoms with Crippen molar-refractivity contribution in [2.24, 2.45) is 0 Å². The van der Waals surface area contributed by atoms with Crippen LogP contribution in [-0.2, 0) is 0 Å². The van der Waals surface area contributed by atoms with Crippen LogP contribution in [0.5, 0.6) is 0 Å². The summed E-state index contributed by atoms with van der Waals surface area (Å²) in [7, 11) is 0. The van der Waals surface area contributed by atoms with Gasteiger partial charge in [-0.25, -0.2) is 4.98 Å². The molecule has 0 radical (unpaired) electrons. The van der Waals surface area contributed by atoms with Crippen LogP contribution in [0.1, 0.15) is 0 Å². The van der Waals surface area contributed by atoms with Crippen LogP contribution >= 0.6 is 0 Å². The van der Waals surface area contributed by atoms with Crippen molar-refractivity contribution in [2.45, 2.75) is 0 Å². The van der Waals surface area contributed by atoms with Crippen molar-refractivity contribution >= 4 is 33.1 Å². The highest BCUT2D eigenvalue weighted by atomic mass is 15.7. The molecule has 6 aromatic rings. The number of nitrogens with zero attached hydrogens (tertiary/aromatic N) is 7. The SMILES string of the molecule is c1ccc2nn(-c3c[nH+]c4nn(-[n+]5ccc6c[nH+][nH]c6c5)nc4c3)nc2c1. The average molecular weight is 357 g/mol. The van der Waals surface area contributed by atoms with Crippen LogP contribution in [0, 0.1) is 0 Å². The molecule has 0 bridgehead atoms. The molecule has 0 aliphatic carbocycles. The Hall–Kier alpha value is -4.21. The highest BCUT2D eigenvalue weighted by Gasteiger charge is 2.19. The zero-order valence-corrected chi connectivity index (χ0v) is 13.9. The van der Waals surface area contributed by atoms with Gasteiger partial charge in [-0.05, 0) is 18.2 Å². The van der Waals surface area contributed by atoms with Gasteiger partial charge in [0.1, 0.15) is 39.5 Å². The monoisotopic (exact) mass is 357 g/mol. The molecule has 5 aromatic heterocycles. The van der Waals surface area contributed by atoms with Gasteiger partial charge in [0, 0.05) is 11.2 Å². The van der Waals surface area contributed by atoms with Crippen molar-refractivity contribution in [1.29, 1.82) is 0 Å². The Balaban J connectivity index is 1.46. The van der Waals surface area contributed by atoms with Gasteiger partial charge in [-0.2, -0.15) is 5.10 Å². The maximum atomic E-state index is 4.56. The van der Waals surface area contributed by atoms with Crippen molar-refractivity contribution in [2.75, 3.05) is 0 Å². The van der Waals surface area contributed by atoms with Gasteiger partial charge in [-0.1, -0.05) is 12.1 Å². The minimum Gasteiger partial charge on any atom is -0.244 e. The molecule has 27 heavy (non-hydrogen) atoms. The molecule has 10 nitrogen and oxygen atoms in total. The van der Waals surface area contributed by atoms with Crippen molar-refractivity contribution in [3.63, 3.8) is 0 Å². The Morgan fingerprint density at radius 3 is 2.63 bits per heavy atom. The zero-order valence-electron chi connectivity index (χ0n) is 13.9. The molecule has 3 N–H and O–H groups in total. The summed E-state index contributed by atoms with van der Waals surface area (Å²) in [5.74, 6) is 0. The average Bonchev–Trinajstić information content (AvgIpc) is 3.42. The number of hydrogen-bond acceptors (Lipinski definition) is 4. The van der Waals surface area contributed by atoms with E-state index in [1.807, 2.05) is 61.2 Å². The summed E-state index contributed by atoms with van der Waals surface area (Å²) in [6.45, 7) is 0. The molecule has 0 fully saturated rings. The van der Waals surface area contributed by atoms with Gasteiger partial charge in [0.25, 0.3) is 5.52 Å². The van der Waals surface area contributed by atoms with E-state index in [0.29, 0.717) is 11.2 Å². The lowest BCUT2D eigenvalue weighted by molar-refractivity contribution is -0.743. The van der Waals surface area contributed by atoms with Gasteiger partial charge in [0.2, 0.25) is 6.20 Å². The lowest BCUT2D eigenvalue weighted by Crippen LogP contribution is -2.43. The Morgan fingerprint density at radius 1 is 0.926 bits per heavy atom. The highest BCUT2D eigenvalue weighted by Crippen LogP contribution is 2.13. The number of aromatic nitrogens is 10. The zero-order chi connectivity index (χ0) is 17.8. The Kier molecular flexibility index (Phi) is 2.67. The van der Waals surface area contributed by atoms with E-state index in [1.165, 1.54) is 4.91 Å². The first-order valence-electron chi connectivity index (χ1n) is 8.35. The topological polar surface area (TPSA) is 109 Å². The van der Waals surface area contributed by atoms with Gasteiger partial charge in [-0.15, -0.1) is 24.8 Å². The fourth-order valence-corrected chi connectivity index (χ4v) is 3.05. The van der Waals surface area contributed by atoms with Gasteiger partial charge < -0.3 is 0 Å². The van der Waals surface area contributed by atoms with Crippen LogP contribution in [0.15, 0.2) is 61.2 Å². The quantitative estimate of drug-likeness (QED) is 0.435. The second kappa shape index (κ2) is 5.14. The summed E-state index contributed by atoms with van der Waals surface area (Å²) in [5.41, 5.74) is 4.79. The first-order chi connectivity index (χ1) is 13.3. The smallest absolute Gasteiger partial charge is 0.244 e. The summed E-state index contributed by atoms with van der Waals surface area (Å²) >= 11 is 0. The number of benzene rings is 1. The number of H-pyrrole nitrogens is 3. The lowest BCUT2D eigenvalue weighted by Gasteiger charge is -1.93. The van der Waals surface area contributed by atoms with Crippen LogP contribution in [-0.4, -0.2) is 35.2 Å². The van der Waals surface area contributed by atoms with E-state index >= 15 is 0 Å². The molecule has 6 rings (SSSR count). The van der Waals surface area contributed by atoms with E-state index in [-0.39, 0.29) is 0 Å². The van der Waals surface area contributed by atoms with Crippen molar-refractivity contribution in [3.8, 4) is 5.69 Å². The number of nitrogens with one attached hydrogen (secondary N) is 3. The largest absolute Gasteiger partial charge is 0.359 e. The number of hydrogen-bond donors (Lipinski definition) is 1. The van der Waals surface area contributed by atoms with Crippen molar-refractivity contribution < 1.29 is 14.8 Å². The van der Waals surface area contributed by atoms with Crippen molar-refractivity contribution in [3.05, 3.63) is 61.2 Å². The molecule has 0 saturated heterocycles. The molecule has 0 amide bonds. The molecule has 10 heteroatoms. The van der Waals surface area contributed by atoms with Crippen LogP contribution in [0.4, 0.5) is 0 Å². The normalized spacial score (nSPS) is 11.7. The second-order valence-corrected chi connectivity index (χ2v) is 6.15. The Morgan fingerprint density at radius 2 is 1.78 bits per heavy atom. The van der Waals surface area contributed by atoms with Gasteiger partial charge in [0.15, 0.2) is 0 Å². The number of aromatic amines is 3. The number of fused-ring (bicyclic) bond motifs is 3. The first kappa shape index (κ1) is 14.0. The fourth-order valence-electron chi connectivity index (χ4n) is 3.05. The minimum atomic E-state index is 0.668. The summed E-state index contributed by atoms with van der Waals surface area (Å²) in [5, 5.41) is 25.2. The predicted molar refractivity (Wildman–Crippen MR) is 92.4 cm³/mol. The number of rotatable bonds is 2. The third kappa shape index (κ3) is 2.16. The summed E-state index contributed by atoms with van der Waals surface area (Å²) in [6, 6.07) is 11.6. The molecule has 0 aliphatic heterocycles. The molecule has 1 aromatic carbocycles. The third-order valence-electron chi connectivity index (χ3n) is 4.41. The summed E-state index contributed by atoms with van der Waals surface area (Å²) < 4.78 is 1.79. The van der Waals surface area contributed by atoms with Gasteiger partial charge in [-0.3, -0.25) is 0 Å².